The van der Waals surface area contributed by atoms with Gasteiger partial charge in [0.15, 0.2) is 5.58 Å². The van der Waals surface area contributed by atoms with E-state index in [9.17, 15) is 23.3 Å². The molecule has 0 radical (unpaired) electrons. The summed E-state index contributed by atoms with van der Waals surface area (Å²) in [6, 6.07) is 10.4. The van der Waals surface area contributed by atoms with Gasteiger partial charge in [0, 0.05) is 48.6 Å². The lowest BCUT2D eigenvalue weighted by molar-refractivity contribution is -0.384. The summed E-state index contributed by atoms with van der Waals surface area (Å²) in [7, 11) is 0. The van der Waals surface area contributed by atoms with Crippen LogP contribution in [0.15, 0.2) is 46.9 Å². The number of nitro groups is 1. The quantitative estimate of drug-likeness (QED) is 0.319. The summed E-state index contributed by atoms with van der Waals surface area (Å²) >= 11 is 0. The number of hydrogen-bond donors (Lipinski definition) is 2. The Hall–Kier alpha value is -3.54. The van der Waals surface area contributed by atoms with Gasteiger partial charge in [-0.05, 0) is 55.9 Å². The number of anilines is 2. The highest BCUT2D eigenvalue weighted by Gasteiger charge is 2.45. The Kier molecular flexibility index (Phi) is 6.61. The third kappa shape index (κ3) is 5.43. The van der Waals surface area contributed by atoms with E-state index in [1.54, 1.807) is 12.1 Å². The number of rotatable bonds is 6. The molecule has 198 valence electrons. The molecule has 0 amide bonds. The van der Waals surface area contributed by atoms with E-state index in [1.165, 1.54) is 30.3 Å². The minimum Gasteiger partial charge on any atom is -0.424 e. The number of alkyl halides is 3. The normalized spacial score (nSPS) is 24.7. The van der Waals surface area contributed by atoms with Crippen LogP contribution in [0.2, 0.25) is 0 Å². The predicted octanol–water partition coefficient (Wildman–Crippen LogP) is 5.60. The van der Waals surface area contributed by atoms with E-state index >= 15 is 0 Å². The number of oxazole rings is 1. The van der Waals surface area contributed by atoms with E-state index in [-0.39, 0.29) is 34.9 Å². The van der Waals surface area contributed by atoms with Gasteiger partial charge >= 0.3 is 6.36 Å². The van der Waals surface area contributed by atoms with Crippen molar-refractivity contribution in [2.75, 3.05) is 23.3 Å². The number of benzene rings is 2. The standard InChI is InChI=1S/C25H28F3N5O4/c26-25(27,28)37-19-10-11-21-20(14-19)30-23(36-21)31-22-5-1-2-12-24(22,29)16-4-3-13-32(15-16)17-6-8-18(9-7-17)33(34)35/h6-11,14,16,22H,1-5,12-13,15,29H2,(H,30,31)/t16?,22?,24-/m0/s1. The molecule has 2 unspecified atom stereocenters. The highest BCUT2D eigenvalue weighted by molar-refractivity contribution is 5.76. The lowest BCUT2D eigenvalue weighted by Crippen LogP contribution is -2.63. The molecule has 12 heteroatoms. The Labute approximate surface area is 210 Å². The van der Waals surface area contributed by atoms with Crippen LogP contribution in [-0.2, 0) is 0 Å². The largest absolute Gasteiger partial charge is 0.573 e. The minimum atomic E-state index is -4.79. The number of nitrogens with two attached hydrogens (primary N) is 1. The van der Waals surface area contributed by atoms with Crippen LogP contribution in [0, 0.1) is 16.0 Å². The van der Waals surface area contributed by atoms with E-state index in [1.807, 2.05) is 0 Å². The smallest absolute Gasteiger partial charge is 0.424 e. The van der Waals surface area contributed by atoms with Crippen LogP contribution in [-0.4, -0.2) is 40.9 Å². The molecule has 1 saturated heterocycles. The summed E-state index contributed by atoms with van der Waals surface area (Å²) in [5.74, 6) is -0.204. The van der Waals surface area contributed by atoms with Crippen LogP contribution < -0.4 is 20.7 Å². The maximum absolute atomic E-state index is 12.6. The Morgan fingerprint density at radius 3 is 2.68 bits per heavy atom. The fourth-order valence-electron chi connectivity index (χ4n) is 5.67. The summed E-state index contributed by atoms with van der Waals surface area (Å²) in [6.07, 6.45) is 0.705. The number of non-ortho nitro benzene ring substituents is 1. The van der Waals surface area contributed by atoms with Crippen molar-refractivity contribution >= 4 is 28.5 Å². The van der Waals surface area contributed by atoms with Gasteiger partial charge in [-0.1, -0.05) is 12.8 Å². The summed E-state index contributed by atoms with van der Waals surface area (Å²) in [5.41, 5.74) is 8.15. The molecule has 1 saturated carbocycles. The molecule has 2 aliphatic rings. The van der Waals surface area contributed by atoms with E-state index in [2.05, 4.69) is 19.9 Å². The second-order valence-electron chi connectivity index (χ2n) is 9.81. The molecule has 37 heavy (non-hydrogen) atoms. The lowest BCUT2D eigenvalue weighted by Gasteiger charge is -2.50. The third-order valence-electron chi connectivity index (χ3n) is 7.50. The van der Waals surface area contributed by atoms with Crippen molar-refractivity contribution < 1.29 is 27.2 Å². The Bertz CT molecular complexity index is 1270. The van der Waals surface area contributed by atoms with Gasteiger partial charge in [-0.15, -0.1) is 13.2 Å². The van der Waals surface area contributed by atoms with Crippen LogP contribution in [0.1, 0.15) is 38.5 Å². The second-order valence-corrected chi connectivity index (χ2v) is 9.81. The average molecular weight is 520 g/mol. The molecule has 2 aromatic carbocycles. The monoisotopic (exact) mass is 519 g/mol. The first-order chi connectivity index (χ1) is 17.6. The number of nitro benzene ring substituents is 1. The molecular weight excluding hydrogens is 491 g/mol. The topological polar surface area (TPSA) is 120 Å². The molecule has 2 fully saturated rings. The molecule has 3 N–H and O–H groups in total. The number of hydrogen-bond acceptors (Lipinski definition) is 8. The average Bonchev–Trinajstić information content (AvgIpc) is 3.26. The first-order valence-electron chi connectivity index (χ1n) is 12.3. The highest BCUT2D eigenvalue weighted by atomic mass is 19.4. The summed E-state index contributed by atoms with van der Waals surface area (Å²) in [4.78, 5) is 17.2. The van der Waals surface area contributed by atoms with Crippen LogP contribution in [0.25, 0.3) is 11.1 Å². The molecule has 2 heterocycles. The van der Waals surface area contributed by atoms with Crippen LogP contribution in [0.4, 0.5) is 30.6 Å². The van der Waals surface area contributed by atoms with E-state index in [0.717, 1.165) is 57.3 Å². The minimum absolute atomic E-state index is 0.0552. The van der Waals surface area contributed by atoms with E-state index < -0.39 is 16.8 Å². The Morgan fingerprint density at radius 2 is 1.95 bits per heavy atom. The van der Waals surface area contributed by atoms with Crippen LogP contribution >= 0.6 is 0 Å². The zero-order valence-corrected chi connectivity index (χ0v) is 20.0. The third-order valence-corrected chi connectivity index (χ3v) is 7.50. The molecule has 9 nitrogen and oxygen atoms in total. The van der Waals surface area contributed by atoms with Gasteiger partial charge in [-0.3, -0.25) is 10.1 Å². The van der Waals surface area contributed by atoms with Crippen molar-refractivity contribution in [3.63, 3.8) is 0 Å². The molecule has 1 aliphatic carbocycles. The van der Waals surface area contributed by atoms with E-state index in [0.29, 0.717) is 5.58 Å². The fourth-order valence-corrected chi connectivity index (χ4v) is 5.67. The first-order valence-corrected chi connectivity index (χ1v) is 12.3. The van der Waals surface area contributed by atoms with Crippen molar-refractivity contribution in [3.05, 3.63) is 52.6 Å². The highest BCUT2D eigenvalue weighted by Crippen LogP contribution is 2.40. The number of fused-ring (bicyclic) bond motifs is 1. The van der Waals surface area contributed by atoms with Crippen LogP contribution in [0.3, 0.4) is 0 Å². The SMILES string of the molecule is N[C@]1(C2CCCN(c3ccc([N+](=O)[O-])cc3)C2)CCCCC1Nc1nc2cc(OC(F)(F)F)ccc2o1. The maximum atomic E-state index is 12.6. The molecule has 0 spiro atoms. The molecular formula is C25H28F3N5O4. The van der Waals surface area contributed by atoms with Crippen molar-refractivity contribution in [3.8, 4) is 5.75 Å². The number of nitrogens with one attached hydrogen (secondary N) is 1. The van der Waals surface area contributed by atoms with Gasteiger partial charge < -0.3 is 25.1 Å². The molecule has 3 atom stereocenters. The fraction of sp³-hybridized carbons (Fsp3) is 0.480. The predicted molar refractivity (Wildman–Crippen MR) is 132 cm³/mol. The van der Waals surface area contributed by atoms with E-state index in [4.69, 9.17) is 10.2 Å². The zero-order chi connectivity index (χ0) is 26.2. The van der Waals surface area contributed by atoms with Crippen molar-refractivity contribution in [2.45, 2.75) is 56.5 Å². The Morgan fingerprint density at radius 1 is 1.16 bits per heavy atom. The number of piperidine rings is 1. The number of nitrogens with zero attached hydrogens (tertiary/aromatic N) is 3. The molecule has 1 aliphatic heterocycles. The molecule has 5 rings (SSSR count). The van der Waals surface area contributed by atoms with Gasteiger partial charge in [0.1, 0.15) is 11.3 Å². The van der Waals surface area contributed by atoms with Gasteiger partial charge in [-0.2, -0.15) is 4.98 Å². The van der Waals surface area contributed by atoms with Gasteiger partial charge in [-0.25, -0.2) is 0 Å². The van der Waals surface area contributed by atoms with Gasteiger partial charge in [0.05, 0.1) is 4.92 Å². The summed E-state index contributed by atoms with van der Waals surface area (Å²) in [6.45, 7) is 1.56. The molecule has 0 bridgehead atoms. The molecule has 3 aromatic rings. The zero-order valence-electron chi connectivity index (χ0n) is 20.0. The first kappa shape index (κ1) is 25.1. The Balaban J connectivity index is 1.33. The van der Waals surface area contributed by atoms with Crippen LogP contribution in [0.5, 0.6) is 5.75 Å². The van der Waals surface area contributed by atoms with Crippen molar-refractivity contribution in [2.24, 2.45) is 11.7 Å². The van der Waals surface area contributed by atoms with Crippen molar-refractivity contribution in [1.82, 2.24) is 4.98 Å². The number of halogens is 3. The van der Waals surface area contributed by atoms with Crippen molar-refractivity contribution in [1.29, 1.82) is 0 Å². The van der Waals surface area contributed by atoms with Gasteiger partial charge in [0.25, 0.3) is 11.7 Å². The second kappa shape index (κ2) is 9.73. The summed E-state index contributed by atoms with van der Waals surface area (Å²) in [5, 5.41) is 14.3. The lowest BCUT2D eigenvalue weighted by atomic mass is 9.67. The maximum Gasteiger partial charge on any atom is 0.573 e. The number of aromatic nitrogens is 1. The summed E-state index contributed by atoms with van der Waals surface area (Å²) < 4.78 is 47.5. The van der Waals surface area contributed by atoms with Gasteiger partial charge in [0.2, 0.25) is 0 Å². The number of ether oxygens (including phenoxy) is 1. The molecule has 1 aromatic heterocycles.